The zero-order valence-corrected chi connectivity index (χ0v) is 18.8. The van der Waals surface area contributed by atoms with Gasteiger partial charge in [0.2, 0.25) is 5.91 Å². The first-order valence-corrected chi connectivity index (χ1v) is 11.1. The van der Waals surface area contributed by atoms with Gasteiger partial charge in [0, 0.05) is 23.7 Å². The smallest absolute Gasteiger partial charge is 0.266 e. The number of halogens is 1. The zero-order valence-electron chi connectivity index (χ0n) is 16.4. The Hall–Kier alpha value is -2.35. The Bertz CT molecular complexity index is 959. The number of ether oxygens (including phenoxy) is 1. The van der Waals surface area contributed by atoms with Crippen LogP contribution in [-0.2, 0) is 9.59 Å². The highest BCUT2D eigenvalue weighted by atomic mass is 35.5. The number of nitrogens with zero attached hydrogens (tertiary/aromatic N) is 1. The topological polar surface area (TPSA) is 58.6 Å². The van der Waals surface area contributed by atoms with E-state index in [2.05, 4.69) is 5.32 Å². The molecule has 3 rings (SSSR count). The summed E-state index contributed by atoms with van der Waals surface area (Å²) in [6, 6.07) is 14.5. The summed E-state index contributed by atoms with van der Waals surface area (Å²) in [5.74, 6) is 0.518. The zero-order chi connectivity index (χ0) is 21.5. The van der Waals surface area contributed by atoms with Crippen LogP contribution >= 0.6 is 35.6 Å². The van der Waals surface area contributed by atoms with E-state index >= 15 is 0 Å². The monoisotopic (exact) mass is 460 g/mol. The highest BCUT2D eigenvalue weighted by Gasteiger charge is 2.31. The lowest BCUT2D eigenvalue weighted by Gasteiger charge is -2.14. The molecule has 1 aliphatic heterocycles. The molecule has 8 heteroatoms. The average Bonchev–Trinajstić information content (AvgIpc) is 2.99. The maximum Gasteiger partial charge on any atom is 0.266 e. The Morgan fingerprint density at radius 3 is 2.57 bits per heavy atom. The number of carbonyl (C=O) groups is 2. The van der Waals surface area contributed by atoms with Crippen molar-refractivity contribution in [3.05, 3.63) is 64.0 Å². The molecule has 0 radical (unpaired) electrons. The highest BCUT2D eigenvalue weighted by molar-refractivity contribution is 8.26. The van der Waals surface area contributed by atoms with Crippen LogP contribution in [0.25, 0.3) is 6.08 Å². The van der Waals surface area contributed by atoms with E-state index in [9.17, 15) is 9.59 Å². The molecule has 2 aromatic carbocycles. The van der Waals surface area contributed by atoms with Crippen molar-refractivity contribution in [1.29, 1.82) is 0 Å². The maximum atomic E-state index is 12.6. The quantitative estimate of drug-likeness (QED) is 0.424. The van der Waals surface area contributed by atoms with Gasteiger partial charge in [-0.1, -0.05) is 47.7 Å². The lowest BCUT2D eigenvalue weighted by atomic mass is 10.2. The van der Waals surface area contributed by atoms with Gasteiger partial charge in [-0.25, -0.2) is 0 Å². The molecule has 1 fully saturated rings. The van der Waals surface area contributed by atoms with Gasteiger partial charge in [0.1, 0.15) is 10.1 Å². The average molecular weight is 461 g/mol. The van der Waals surface area contributed by atoms with Crippen LogP contribution < -0.4 is 10.1 Å². The van der Waals surface area contributed by atoms with E-state index in [1.807, 2.05) is 31.2 Å². The molecule has 1 heterocycles. The number of hydrogen-bond acceptors (Lipinski definition) is 5. The molecule has 156 valence electrons. The molecule has 0 atom stereocenters. The molecule has 0 unspecified atom stereocenters. The normalized spacial score (nSPS) is 15.0. The van der Waals surface area contributed by atoms with Crippen molar-refractivity contribution in [2.24, 2.45) is 0 Å². The minimum Gasteiger partial charge on any atom is -0.494 e. The third kappa shape index (κ3) is 6.08. The molecule has 0 bridgehead atoms. The second kappa shape index (κ2) is 10.6. The van der Waals surface area contributed by atoms with Gasteiger partial charge in [-0.05, 0) is 61.4 Å². The van der Waals surface area contributed by atoms with Gasteiger partial charge in [0.05, 0.1) is 11.5 Å². The van der Waals surface area contributed by atoms with Gasteiger partial charge in [-0.3, -0.25) is 14.5 Å². The summed E-state index contributed by atoms with van der Waals surface area (Å²) in [4.78, 5) is 27.0. The molecule has 0 aromatic heterocycles. The first kappa shape index (κ1) is 22.3. The first-order chi connectivity index (χ1) is 14.5. The van der Waals surface area contributed by atoms with Gasteiger partial charge >= 0.3 is 0 Å². The fourth-order valence-electron chi connectivity index (χ4n) is 2.83. The van der Waals surface area contributed by atoms with Crippen molar-refractivity contribution in [2.75, 3.05) is 18.5 Å². The van der Waals surface area contributed by atoms with Crippen LogP contribution in [0.5, 0.6) is 5.75 Å². The number of nitrogens with one attached hydrogen (secondary N) is 1. The second-order valence-electron chi connectivity index (χ2n) is 6.49. The largest absolute Gasteiger partial charge is 0.494 e. The van der Waals surface area contributed by atoms with E-state index in [1.165, 1.54) is 11.8 Å². The number of anilines is 1. The van der Waals surface area contributed by atoms with E-state index in [1.54, 1.807) is 35.2 Å². The summed E-state index contributed by atoms with van der Waals surface area (Å²) in [7, 11) is 0. The molecular weight excluding hydrogens is 440 g/mol. The fourth-order valence-corrected chi connectivity index (χ4v) is 4.26. The van der Waals surface area contributed by atoms with Crippen molar-refractivity contribution >= 4 is 63.5 Å². The molecule has 5 nitrogen and oxygen atoms in total. The predicted molar refractivity (Wildman–Crippen MR) is 127 cm³/mol. The summed E-state index contributed by atoms with van der Waals surface area (Å²) < 4.78 is 5.89. The molecular formula is C22H21ClN2O3S2. The molecule has 2 amide bonds. The Kier molecular flexibility index (Phi) is 7.90. The van der Waals surface area contributed by atoms with Crippen LogP contribution in [0.2, 0.25) is 5.02 Å². The van der Waals surface area contributed by atoms with E-state index < -0.39 is 0 Å². The number of benzene rings is 2. The van der Waals surface area contributed by atoms with Crippen LogP contribution in [-0.4, -0.2) is 34.2 Å². The van der Waals surface area contributed by atoms with Crippen LogP contribution in [0.15, 0.2) is 53.4 Å². The van der Waals surface area contributed by atoms with Gasteiger partial charge in [-0.2, -0.15) is 0 Å². The Balaban J connectivity index is 1.49. The first-order valence-electron chi connectivity index (χ1n) is 9.50. The third-order valence-corrected chi connectivity index (χ3v) is 5.91. The number of carbonyl (C=O) groups excluding carboxylic acids is 2. The molecule has 0 saturated carbocycles. The van der Waals surface area contributed by atoms with E-state index in [-0.39, 0.29) is 11.8 Å². The van der Waals surface area contributed by atoms with Gasteiger partial charge in [0.25, 0.3) is 5.91 Å². The standard InChI is InChI=1S/C22H21ClN2O3S2/c1-2-28-18-11-9-17(10-12-18)24-20(26)4-3-13-25-21(27)19(30-22(25)29)14-15-5-7-16(23)8-6-15/h5-12,14H,2-4,13H2,1H3,(H,24,26). The number of thiocarbonyl (C=S) groups is 1. The summed E-state index contributed by atoms with van der Waals surface area (Å²) >= 11 is 12.5. The molecule has 0 aliphatic carbocycles. The Labute approximate surface area is 190 Å². The molecule has 1 saturated heterocycles. The lowest BCUT2D eigenvalue weighted by molar-refractivity contribution is -0.122. The number of amides is 2. The van der Waals surface area contributed by atoms with Gasteiger partial charge in [0.15, 0.2) is 0 Å². The lowest BCUT2D eigenvalue weighted by Crippen LogP contribution is -2.29. The number of rotatable bonds is 8. The van der Waals surface area contributed by atoms with Crippen molar-refractivity contribution < 1.29 is 14.3 Å². The predicted octanol–water partition coefficient (Wildman–Crippen LogP) is 5.36. The van der Waals surface area contributed by atoms with Gasteiger partial charge in [-0.15, -0.1) is 0 Å². The fraction of sp³-hybridized carbons (Fsp3) is 0.227. The van der Waals surface area contributed by atoms with Crippen LogP contribution in [0.4, 0.5) is 5.69 Å². The summed E-state index contributed by atoms with van der Waals surface area (Å²) in [5, 5.41) is 3.49. The SMILES string of the molecule is CCOc1ccc(NC(=O)CCCN2C(=O)C(=Cc3ccc(Cl)cc3)SC2=S)cc1. The van der Waals surface area contributed by atoms with E-state index in [0.29, 0.717) is 45.9 Å². The van der Waals surface area contributed by atoms with Crippen molar-refractivity contribution in [2.45, 2.75) is 19.8 Å². The molecule has 30 heavy (non-hydrogen) atoms. The van der Waals surface area contributed by atoms with Crippen molar-refractivity contribution in [3.8, 4) is 5.75 Å². The summed E-state index contributed by atoms with van der Waals surface area (Å²) in [6.45, 7) is 2.92. The molecule has 1 aliphatic rings. The number of thioether (sulfide) groups is 1. The Morgan fingerprint density at radius 1 is 1.20 bits per heavy atom. The minimum atomic E-state index is -0.133. The van der Waals surface area contributed by atoms with Crippen LogP contribution in [0.1, 0.15) is 25.3 Å². The van der Waals surface area contributed by atoms with Crippen LogP contribution in [0.3, 0.4) is 0 Å². The molecule has 2 aromatic rings. The minimum absolute atomic E-state index is 0.110. The third-order valence-electron chi connectivity index (χ3n) is 4.28. The Morgan fingerprint density at radius 2 is 1.90 bits per heavy atom. The highest BCUT2D eigenvalue weighted by Crippen LogP contribution is 2.32. The second-order valence-corrected chi connectivity index (χ2v) is 8.61. The van der Waals surface area contributed by atoms with E-state index in [0.717, 1.165) is 11.3 Å². The van der Waals surface area contributed by atoms with Gasteiger partial charge < -0.3 is 10.1 Å². The van der Waals surface area contributed by atoms with Crippen LogP contribution in [0, 0.1) is 0 Å². The number of hydrogen-bond donors (Lipinski definition) is 1. The van der Waals surface area contributed by atoms with Crippen molar-refractivity contribution in [1.82, 2.24) is 4.90 Å². The summed E-state index contributed by atoms with van der Waals surface area (Å²) in [6.07, 6.45) is 2.61. The molecule has 0 spiro atoms. The molecule has 1 N–H and O–H groups in total. The van der Waals surface area contributed by atoms with E-state index in [4.69, 9.17) is 28.6 Å². The van der Waals surface area contributed by atoms with Crippen molar-refractivity contribution in [3.63, 3.8) is 0 Å². The maximum absolute atomic E-state index is 12.6. The summed E-state index contributed by atoms with van der Waals surface area (Å²) in [5.41, 5.74) is 1.59.